The Hall–Kier alpha value is -9.59. The topological polar surface area (TPSA) is 66.6 Å². The highest BCUT2D eigenvalue weighted by molar-refractivity contribution is 6.31. The Morgan fingerprint density at radius 2 is 0.700 bits per heavy atom. The molecule has 0 unspecified atom stereocenters. The van der Waals surface area contributed by atoms with Gasteiger partial charge in [0.1, 0.15) is 11.2 Å². The maximum Gasteiger partial charge on any atom is 0.164 e. The number of nitrogens with zero attached hydrogens (tertiary/aromatic N) is 6. The van der Waals surface area contributed by atoms with Crippen molar-refractivity contribution in [2.24, 2.45) is 0 Å². The monoisotopic (exact) mass is 894 g/mol. The van der Waals surface area contributed by atoms with Crippen molar-refractivity contribution >= 4 is 87.4 Å². The third-order valence-corrected chi connectivity index (χ3v) is 14.1. The third kappa shape index (κ3) is 5.66. The molecule has 0 aliphatic rings. The van der Waals surface area contributed by atoms with E-state index < -0.39 is 0 Å². The van der Waals surface area contributed by atoms with Crippen LogP contribution in [0.3, 0.4) is 0 Å². The van der Waals surface area contributed by atoms with Gasteiger partial charge in [0.15, 0.2) is 17.5 Å². The van der Waals surface area contributed by atoms with Crippen LogP contribution >= 0.6 is 0 Å². The molecule has 0 aliphatic heterocycles. The Morgan fingerprint density at radius 1 is 0.271 bits per heavy atom. The van der Waals surface area contributed by atoms with Crippen LogP contribution < -0.4 is 0 Å². The number of para-hydroxylation sites is 4. The number of fused-ring (bicyclic) bond motifs is 14. The van der Waals surface area contributed by atoms with Crippen LogP contribution in [0.15, 0.2) is 235 Å². The van der Waals surface area contributed by atoms with Crippen LogP contribution in [0.2, 0.25) is 0 Å². The number of furan rings is 1. The molecular weight excluding hydrogens is 857 g/mol. The molecule has 0 N–H and O–H groups in total. The zero-order chi connectivity index (χ0) is 45.9. The lowest BCUT2D eigenvalue weighted by atomic mass is 10.1. The molecule has 5 aromatic heterocycles. The van der Waals surface area contributed by atoms with Crippen molar-refractivity contribution in [3.63, 3.8) is 0 Å². The molecule has 7 heteroatoms. The molecular formula is C63H38N6O. The molecule has 0 atom stereocenters. The van der Waals surface area contributed by atoms with E-state index in [2.05, 4.69) is 171 Å². The maximum absolute atomic E-state index is 6.31. The molecule has 15 aromatic rings. The minimum atomic E-state index is 0.614. The highest BCUT2D eigenvalue weighted by atomic mass is 16.3. The fraction of sp³-hybridized carbons (Fsp3) is 0. The van der Waals surface area contributed by atoms with E-state index >= 15 is 0 Å². The van der Waals surface area contributed by atoms with Gasteiger partial charge in [-0.25, -0.2) is 15.0 Å². The highest BCUT2D eigenvalue weighted by Gasteiger charge is 2.25. The van der Waals surface area contributed by atoms with Crippen LogP contribution in [0.25, 0.3) is 139 Å². The third-order valence-electron chi connectivity index (χ3n) is 14.1. The molecule has 0 amide bonds. The van der Waals surface area contributed by atoms with Crippen LogP contribution in [0.5, 0.6) is 0 Å². The standard InChI is InChI=1S/C63H38N6O/c1-4-16-39(17-5-1)61-64-62(40-18-6-2-7-19-40)66-63(65-61)41-28-30-43(31-29-41)69-59-46(33-35-53-57(59)48-23-10-13-25-51(48)67(53)42-20-8-3-9-21-42)47-34-36-54-58(60(47)69)49-24-11-14-26-52(49)68(54)44-32-37-56-50(38-44)45-22-12-15-27-55(45)70-56/h1-38H. The van der Waals surface area contributed by atoms with Crippen molar-refractivity contribution < 1.29 is 4.42 Å². The maximum atomic E-state index is 6.31. The quantitative estimate of drug-likeness (QED) is 0.167. The molecule has 10 aromatic carbocycles. The SMILES string of the molecule is c1ccc(-c2nc(-c3ccccc3)nc(-c3ccc(-n4c5c(ccc6c5c5ccccc5n6-c5ccccc5)c5ccc6c(c7ccccc7n6-c6ccc7oc8ccccc8c7c6)c54)cc3)n2)cc1. The van der Waals surface area contributed by atoms with Gasteiger partial charge in [-0.1, -0.05) is 146 Å². The van der Waals surface area contributed by atoms with Gasteiger partial charge in [0.25, 0.3) is 0 Å². The van der Waals surface area contributed by atoms with Gasteiger partial charge in [0.2, 0.25) is 0 Å². The molecule has 0 fully saturated rings. The molecule has 7 nitrogen and oxygen atoms in total. The fourth-order valence-electron chi connectivity index (χ4n) is 11.0. The summed E-state index contributed by atoms with van der Waals surface area (Å²) >= 11 is 0. The number of rotatable bonds is 6. The first kappa shape index (κ1) is 38.5. The average molecular weight is 895 g/mol. The summed E-state index contributed by atoms with van der Waals surface area (Å²) < 4.78 is 13.7. The summed E-state index contributed by atoms with van der Waals surface area (Å²) in [5.74, 6) is 1.88. The van der Waals surface area contributed by atoms with Crippen LogP contribution in [-0.2, 0) is 0 Å². The van der Waals surface area contributed by atoms with Crippen LogP contribution in [0.1, 0.15) is 0 Å². The van der Waals surface area contributed by atoms with E-state index in [1.54, 1.807) is 0 Å². The van der Waals surface area contributed by atoms with Gasteiger partial charge in [-0.05, 0) is 84.9 Å². The smallest absolute Gasteiger partial charge is 0.164 e. The van der Waals surface area contributed by atoms with E-state index in [0.29, 0.717) is 17.5 Å². The highest BCUT2D eigenvalue weighted by Crippen LogP contribution is 2.46. The summed E-state index contributed by atoms with van der Waals surface area (Å²) in [6, 6.07) is 81.5. The van der Waals surface area contributed by atoms with Gasteiger partial charge in [-0.3, -0.25) is 0 Å². The molecule has 0 radical (unpaired) electrons. The van der Waals surface area contributed by atoms with Gasteiger partial charge in [-0.2, -0.15) is 0 Å². The summed E-state index contributed by atoms with van der Waals surface area (Å²) in [5, 5.41) is 9.32. The second kappa shape index (κ2) is 15.0. The lowest BCUT2D eigenvalue weighted by Gasteiger charge is -2.12. The van der Waals surface area contributed by atoms with Crippen LogP contribution in [-0.4, -0.2) is 28.7 Å². The van der Waals surface area contributed by atoms with Crippen molar-refractivity contribution in [1.82, 2.24) is 28.7 Å². The molecule has 0 saturated heterocycles. The second-order valence-corrected chi connectivity index (χ2v) is 18.0. The van der Waals surface area contributed by atoms with Crippen molar-refractivity contribution in [2.75, 3.05) is 0 Å². The van der Waals surface area contributed by atoms with Gasteiger partial charge in [-0.15, -0.1) is 0 Å². The average Bonchev–Trinajstić information content (AvgIpc) is 4.18. The zero-order valence-electron chi connectivity index (χ0n) is 37.5. The normalized spacial score (nSPS) is 12.0. The summed E-state index contributed by atoms with van der Waals surface area (Å²) in [5.41, 5.74) is 14.6. The fourth-order valence-corrected chi connectivity index (χ4v) is 11.0. The van der Waals surface area contributed by atoms with Crippen molar-refractivity contribution in [2.45, 2.75) is 0 Å². The van der Waals surface area contributed by atoms with Gasteiger partial charge >= 0.3 is 0 Å². The predicted octanol–water partition coefficient (Wildman–Crippen LogP) is 16.1. The first-order chi connectivity index (χ1) is 34.7. The summed E-state index contributed by atoms with van der Waals surface area (Å²) in [4.78, 5) is 15.2. The Bertz CT molecular complexity index is 4510. The Labute approximate surface area is 400 Å². The number of hydrogen-bond acceptors (Lipinski definition) is 4. The van der Waals surface area contributed by atoms with Gasteiger partial charge in [0, 0.05) is 76.8 Å². The zero-order valence-corrected chi connectivity index (χ0v) is 37.5. The summed E-state index contributed by atoms with van der Waals surface area (Å²) in [6.07, 6.45) is 0. The number of benzene rings is 10. The van der Waals surface area contributed by atoms with Gasteiger partial charge < -0.3 is 18.1 Å². The minimum absolute atomic E-state index is 0.614. The van der Waals surface area contributed by atoms with E-state index in [0.717, 1.165) is 88.8 Å². The van der Waals surface area contributed by atoms with Gasteiger partial charge in [0.05, 0.1) is 33.1 Å². The summed E-state index contributed by atoms with van der Waals surface area (Å²) in [7, 11) is 0. The summed E-state index contributed by atoms with van der Waals surface area (Å²) in [6.45, 7) is 0. The number of aromatic nitrogens is 6. The van der Waals surface area contributed by atoms with Crippen LogP contribution in [0, 0.1) is 0 Å². The first-order valence-electron chi connectivity index (χ1n) is 23.6. The Morgan fingerprint density at radius 3 is 1.27 bits per heavy atom. The molecule has 326 valence electrons. The minimum Gasteiger partial charge on any atom is -0.456 e. The molecule has 70 heavy (non-hydrogen) atoms. The molecule has 0 saturated carbocycles. The van der Waals surface area contributed by atoms with Crippen LogP contribution in [0.4, 0.5) is 0 Å². The van der Waals surface area contributed by atoms with Crippen molar-refractivity contribution in [3.05, 3.63) is 231 Å². The largest absolute Gasteiger partial charge is 0.456 e. The molecule has 5 heterocycles. The van der Waals surface area contributed by atoms with Crippen molar-refractivity contribution in [3.8, 4) is 51.2 Å². The van der Waals surface area contributed by atoms with E-state index in [1.165, 1.54) is 32.3 Å². The van der Waals surface area contributed by atoms with E-state index in [4.69, 9.17) is 19.4 Å². The first-order valence-corrected chi connectivity index (χ1v) is 23.6. The molecule has 0 spiro atoms. The lowest BCUT2D eigenvalue weighted by Crippen LogP contribution is -2.00. The number of hydrogen-bond donors (Lipinski definition) is 0. The predicted molar refractivity (Wildman–Crippen MR) is 286 cm³/mol. The van der Waals surface area contributed by atoms with Crippen molar-refractivity contribution in [1.29, 1.82) is 0 Å². The Kier molecular flexibility index (Phi) is 8.23. The Balaban J connectivity index is 1.03. The lowest BCUT2D eigenvalue weighted by molar-refractivity contribution is 0.669. The van der Waals surface area contributed by atoms with E-state index in [1.807, 2.05) is 72.8 Å². The van der Waals surface area contributed by atoms with E-state index in [-0.39, 0.29) is 0 Å². The van der Waals surface area contributed by atoms with E-state index in [9.17, 15) is 0 Å². The molecule has 15 rings (SSSR count). The second-order valence-electron chi connectivity index (χ2n) is 18.0. The molecule has 0 bridgehead atoms. The molecule has 0 aliphatic carbocycles.